The SMILES string of the molecule is COC(=O)C[C@@H](COC(=O)Nc1cc2ccccc2cn1)N(C)C(=O)NCc1ccccc1Cl. The highest BCUT2D eigenvalue weighted by Gasteiger charge is 2.25. The molecule has 2 aromatic carbocycles. The average molecular weight is 485 g/mol. The Bertz CT molecular complexity index is 1170. The van der Waals surface area contributed by atoms with Gasteiger partial charge in [-0.05, 0) is 23.1 Å². The standard InChI is InChI=1S/C24H25ClN4O5/c1-29(23(31)27-14-18-9-5-6-10-20(18)25)19(12-22(30)33-2)15-34-24(32)28-21-11-16-7-3-4-8-17(16)13-26-21/h3-11,13,19H,12,14-15H2,1-2H3,(H,27,31)(H,26,28,32)/t19-/m0/s1. The van der Waals surface area contributed by atoms with Gasteiger partial charge in [0.1, 0.15) is 12.4 Å². The van der Waals surface area contributed by atoms with E-state index in [2.05, 4.69) is 15.6 Å². The van der Waals surface area contributed by atoms with Crippen LogP contribution in [-0.2, 0) is 20.8 Å². The van der Waals surface area contributed by atoms with Crippen molar-refractivity contribution in [1.82, 2.24) is 15.2 Å². The van der Waals surface area contributed by atoms with Crippen LogP contribution in [0.25, 0.3) is 10.8 Å². The number of anilines is 1. The number of methoxy groups -OCH3 is 1. The number of carbonyl (C=O) groups is 3. The number of ether oxygens (including phenoxy) is 2. The van der Waals surface area contributed by atoms with Crippen molar-refractivity contribution in [2.75, 3.05) is 26.1 Å². The number of pyridine rings is 1. The van der Waals surface area contributed by atoms with Gasteiger partial charge in [0.05, 0.1) is 19.6 Å². The number of fused-ring (bicyclic) bond motifs is 1. The molecule has 34 heavy (non-hydrogen) atoms. The second-order valence-electron chi connectivity index (χ2n) is 7.44. The Kier molecular flexibility index (Phi) is 8.64. The van der Waals surface area contributed by atoms with E-state index in [1.54, 1.807) is 30.5 Å². The summed E-state index contributed by atoms with van der Waals surface area (Å²) in [6.07, 6.45) is 0.721. The molecular formula is C24H25ClN4O5. The van der Waals surface area contributed by atoms with E-state index in [-0.39, 0.29) is 19.6 Å². The number of esters is 1. The zero-order valence-corrected chi connectivity index (χ0v) is 19.5. The fraction of sp³-hybridized carbons (Fsp3) is 0.250. The highest BCUT2D eigenvalue weighted by molar-refractivity contribution is 6.31. The van der Waals surface area contributed by atoms with Crippen LogP contribution in [0.15, 0.2) is 60.8 Å². The molecule has 3 aromatic rings. The summed E-state index contributed by atoms with van der Waals surface area (Å²) >= 11 is 6.13. The predicted molar refractivity (Wildman–Crippen MR) is 129 cm³/mol. The van der Waals surface area contributed by atoms with Crippen LogP contribution >= 0.6 is 11.6 Å². The first kappa shape index (κ1) is 24.8. The van der Waals surface area contributed by atoms with Crippen LogP contribution in [0.3, 0.4) is 0 Å². The van der Waals surface area contributed by atoms with Crippen molar-refractivity contribution in [2.24, 2.45) is 0 Å². The first-order valence-electron chi connectivity index (χ1n) is 10.5. The molecule has 0 saturated carbocycles. The molecule has 0 radical (unpaired) electrons. The second-order valence-corrected chi connectivity index (χ2v) is 7.84. The van der Waals surface area contributed by atoms with Crippen molar-refractivity contribution in [1.29, 1.82) is 0 Å². The molecule has 1 heterocycles. The molecule has 0 aliphatic heterocycles. The zero-order valence-electron chi connectivity index (χ0n) is 18.8. The van der Waals surface area contributed by atoms with Gasteiger partial charge in [-0.15, -0.1) is 0 Å². The number of hydrogen-bond acceptors (Lipinski definition) is 6. The van der Waals surface area contributed by atoms with E-state index in [1.807, 2.05) is 30.3 Å². The Morgan fingerprint density at radius 1 is 1.09 bits per heavy atom. The molecule has 2 N–H and O–H groups in total. The summed E-state index contributed by atoms with van der Waals surface area (Å²) in [5.74, 6) is -0.227. The summed E-state index contributed by atoms with van der Waals surface area (Å²) in [6, 6.07) is 15.2. The van der Waals surface area contributed by atoms with Gasteiger partial charge in [0.15, 0.2) is 0 Å². The number of urea groups is 1. The van der Waals surface area contributed by atoms with Gasteiger partial charge in [0.25, 0.3) is 0 Å². The molecule has 0 aliphatic rings. The van der Waals surface area contributed by atoms with E-state index in [9.17, 15) is 14.4 Å². The molecule has 0 aliphatic carbocycles. The predicted octanol–water partition coefficient (Wildman–Crippen LogP) is 4.21. The number of benzene rings is 2. The zero-order chi connectivity index (χ0) is 24.5. The quantitative estimate of drug-likeness (QED) is 0.463. The molecule has 0 unspecified atom stereocenters. The first-order chi connectivity index (χ1) is 16.4. The van der Waals surface area contributed by atoms with Crippen LogP contribution in [0.1, 0.15) is 12.0 Å². The average Bonchev–Trinajstić information content (AvgIpc) is 2.85. The summed E-state index contributed by atoms with van der Waals surface area (Å²) in [4.78, 5) is 42.3. The minimum atomic E-state index is -0.762. The smallest absolute Gasteiger partial charge is 0.412 e. The lowest BCUT2D eigenvalue weighted by Crippen LogP contribution is -2.46. The number of hydrogen-bond donors (Lipinski definition) is 2. The Hall–Kier alpha value is -3.85. The van der Waals surface area contributed by atoms with Gasteiger partial charge in [-0.2, -0.15) is 0 Å². The number of rotatable bonds is 8. The Labute approximate surface area is 202 Å². The summed E-state index contributed by atoms with van der Waals surface area (Å²) in [5, 5.41) is 7.67. The molecule has 0 spiro atoms. The molecule has 0 bridgehead atoms. The lowest BCUT2D eigenvalue weighted by Gasteiger charge is -2.27. The first-order valence-corrected chi connectivity index (χ1v) is 10.8. The van der Waals surface area contributed by atoms with Crippen LogP contribution in [0.5, 0.6) is 0 Å². The van der Waals surface area contributed by atoms with Gasteiger partial charge in [-0.3, -0.25) is 10.1 Å². The molecule has 9 nitrogen and oxygen atoms in total. The van der Waals surface area contributed by atoms with Gasteiger partial charge in [0, 0.05) is 30.2 Å². The largest absolute Gasteiger partial charge is 0.469 e. The summed E-state index contributed by atoms with van der Waals surface area (Å²) in [5.41, 5.74) is 0.744. The van der Waals surface area contributed by atoms with Crippen LogP contribution < -0.4 is 10.6 Å². The van der Waals surface area contributed by atoms with E-state index in [4.69, 9.17) is 21.1 Å². The van der Waals surface area contributed by atoms with E-state index < -0.39 is 24.1 Å². The van der Waals surface area contributed by atoms with Gasteiger partial charge in [-0.25, -0.2) is 14.6 Å². The van der Waals surface area contributed by atoms with E-state index >= 15 is 0 Å². The minimum Gasteiger partial charge on any atom is -0.469 e. The molecule has 10 heteroatoms. The maximum atomic E-state index is 12.7. The van der Waals surface area contributed by atoms with Gasteiger partial charge < -0.3 is 19.7 Å². The van der Waals surface area contributed by atoms with Crippen molar-refractivity contribution >= 4 is 46.3 Å². The maximum absolute atomic E-state index is 12.7. The molecule has 1 atom stereocenters. The van der Waals surface area contributed by atoms with E-state index in [0.717, 1.165) is 16.3 Å². The van der Waals surface area contributed by atoms with Gasteiger partial charge in [0.2, 0.25) is 0 Å². The van der Waals surface area contributed by atoms with E-state index in [0.29, 0.717) is 10.8 Å². The van der Waals surface area contributed by atoms with Crippen LogP contribution in [0.4, 0.5) is 15.4 Å². The molecule has 0 saturated heterocycles. The molecule has 178 valence electrons. The monoisotopic (exact) mass is 484 g/mol. The minimum absolute atomic E-state index is 0.159. The van der Waals surface area contributed by atoms with E-state index in [1.165, 1.54) is 19.1 Å². The number of halogens is 1. The third-order valence-electron chi connectivity index (χ3n) is 5.15. The summed E-state index contributed by atoms with van der Waals surface area (Å²) < 4.78 is 10.00. The van der Waals surface area contributed by atoms with Crippen LogP contribution in [0.2, 0.25) is 5.02 Å². The molecule has 1 aromatic heterocycles. The number of likely N-dealkylation sites (N-methyl/N-ethyl adjacent to an activating group) is 1. The van der Waals surface area contributed by atoms with Crippen molar-refractivity contribution in [2.45, 2.75) is 19.0 Å². The number of amides is 3. The van der Waals surface area contributed by atoms with Crippen molar-refractivity contribution in [3.8, 4) is 0 Å². The van der Waals surface area contributed by atoms with Crippen molar-refractivity contribution < 1.29 is 23.9 Å². The van der Waals surface area contributed by atoms with Crippen LogP contribution in [0, 0.1) is 0 Å². The van der Waals surface area contributed by atoms with Crippen molar-refractivity contribution in [3.05, 3.63) is 71.4 Å². The highest BCUT2D eigenvalue weighted by Crippen LogP contribution is 2.17. The van der Waals surface area contributed by atoms with Crippen molar-refractivity contribution in [3.63, 3.8) is 0 Å². The molecule has 3 rings (SSSR count). The number of nitrogens with one attached hydrogen (secondary N) is 2. The third kappa shape index (κ3) is 6.82. The molecule has 3 amide bonds. The Morgan fingerprint density at radius 3 is 2.53 bits per heavy atom. The Morgan fingerprint density at radius 2 is 1.79 bits per heavy atom. The highest BCUT2D eigenvalue weighted by atomic mass is 35.5. The number of aromatic nitrogens is 1. The van der Waals surface area contributed by atoms with Gasteiger partial charge in [-0.1, -0.05) is 54.1 Å². The van der Waals surface area contributed by atoms with Gasteiger partial charge >= 0.3 is 18.1 Å². The number of nitrogens with zero attached hydrogens (tertiary/aromatic N) is 2. The maximum Gasteiger partial charge on any atom is 0.412 e. The summed E-state index contributed by atoms with van der Waals surface area (Å²) in [7, 11) is 2.75. The topological polar surface area (TPSA) is 110 Å². The fourth-order valence-corrected chi connectivity index (χ4v) is 3.35. The Balaban J connectivity index is 1.59. The third-order valence-corrected chi connectivity index (χ3v) is 5.52. The lowest BCUT2D eigenvalue weighted by atomic mass is 10.2. The second kappa shape index (κ2) is 11.9. The molecular weight excluding hydrogens is 460 g/mol. The fourth-order valence-electron chi connectivity index (χ4n) is 3.15. The van der Waals surface area contributed by atoms with Crippen LogP contribution in [-0.4, -0.2) is 54.8 Å². The number of carbonyl (C=O) groups excluding carboxylic acids is 3. The molecule has 0 fully saturated rings. The summed E-state index contributed by atoms with van der Waals surface area (Å²) in [6.45, 7) is -0.0344. The lowest BCUT2D eigenvalue weighted by molar-refractivity contribution is -0.142. The normalized spacial score (nSPS) is 11.4.